The van der Waals surface area contributed by atoms with E-state index in [9.17, 15) is 10.1 Å². The zero-order valence-electron chi connectivity index (χ0n) is 28.6. The number of fused-ring (bicyclic) bond motifs is 7. The Hall–Kier alpha value is -3.93. The van der Waals surface area contributed by atoms with Crippen molar-refractivity contribution < 1.29 is 9.66 Å². The molecule has 0 N–H and O–H groups in total. The molecule has 0 radical (unpaired) electrons. The maximum absolute atomic E-state index is 11.7. The van der Waals surface area contributed by atoms with Gasteiger partial charge in [0.2, 0.25) is 5.72 Å². The Labute approximate surface area is 280 Å². The summed E-state index contributed by atoms with van der Waals surface area (Å²) in [5.74, 6) is 0.697. The van der Waals surface area contributed by atoms with E-state index in [-0.39, 0.29) is 16.0 Å². The quantitative estimate of drug-likeness (QED) is 0.0533. The number of hydrogen-bond acceptors (Lipinski definition) is 5. The summed E-state index contributed by atoms with van der Waals surface area (Å²) < 4.78 is 7.29. The predicted octanol–water partition coefficient (Wildman–Crippen LogP) is 12.0. The smallest absolute Gasteiger partial charge is 0.270 e. The van der Waals surface area contributed by atoms with Gasteiger partial charge in [-0.3, -0.25) is 15.1 Å². The highest BCUT2D eigenvalue weighted by Crippen LogP contribution is 2.56. The molecule has 0 aliphatic carbocycles. The topological polar surface area (TPSA) is 68.0 Å². The minimum atomic E-state index is -0.822. The van der Waals surface area contributed by atoms with Gasteiger partial charge in [0.05, 0.1) is 16.6 Å². The van der Waals surface area contributed by atoms with Crippen molar-refractivity contribution in [2.45, 2.75) is 122 Å². The molecule has 2 heterocycles. The zero-order chi connectivity index (χ0) is 32.9. The van der Waals surface area contributed by atoms with Crippen molar-refractivity contribution in [2.75, 3.05) is 11.4 Å². The summed E-state index contributed by atoms with van der Waals surface area (Å²) in [7, 11) is 0. The first-order chi connectivity index (χ1) is 22.9. The number of nitro benzene ring substituents is 1. The Morgan fingerprint density at radius 3 is 1.96 bits per heavy atom. The largest absolute Gasteiger partial charge is 0.459 e. The molecule has 6 rings (SSSR count). The van der Waals surface area contributed by atoms with Crippen LogP contribution < -0.4 is 9.64 Å². The lowest BCUT2D eigenvalue weighted by Crippen LogP contribution is -2.62. The molecular weight excluding hydrogens is 582 g/mol. The minimum Gasteiger partial charge on any atom is -0.459 e. The van der Waals surface area contributed by atoms with Crippen LogP contribution in [-0.2, 0) is 5.41 Å². The summed E-state index contributed by atoms with van der Waals surface area (Å²) in [5, 5.41) is 15.4. The third-order valence-corrected chi connectivity index (χ3v) is 10.7. The number of ether oxygens (including phenoxy) is 1. The monoisotopic (exact) mass is 633 g/mol. The van der Waals surface area contributed by atoms with Crippen LogP contribution in [0.2, 0.25) is 0 Å². The molecule has 47 heavy (non-hydrogen) atoms. The Balaban J connectivity index is 1.17. The fourth-order valence-electron chi connectivity index (χ4n) is 7.92. The molecule has 248 valence electrons. The van der Waals surface area contributed by atoms with Gasteiger partial charge in [-0.25, -0.2) is 0 Å². The van der Waals surface area contributed by atoms with Gasteiger partial charge in [-0.1, -0.05) is 133 Å². The standard InChI is InChI=1S/C41H51N3O3/c1-4-5-6-7-8-9-10-11-12-13-14-15-16-21-28-43-37-25-20-19-24-36(37)40(2,3)41(43)30-42-38-35-29-31(44(45)46)26-27-33(35)32-22-17-18-23-34(32)39(38)47-41/h17-20,22-27,29-30H,4-16,21,28H2,1-3H3. The van der Waals surface area contributed by atoms with Gasteiger partial charge in [0.1, 0.15) is 5.69 Å². The Morgan fingerprint density at radius 2 is 1.30 bits per heavy atom. The molecule has 2 aliphatic rings. The molecule has 0 amide bonds. The summed E-state index contributed by atoms with van der Waals surface area (Å²) in [4.78, 5) is 19.0. The Kier molecular flexibility index (Phi) is 10.1. The molecular formula is C41H51N3O3. The Bertz CT molecular complexity index is 1750. The number of benzene rings is 4. The van der Waals surface area contributed by atoms with Crippen molar-refractivity contribution in [2.24, 2.45) is 4.99 Å². The number of para-hydroxylation sites is 1. The minimum absolute atomic E-state index is 0.0542. The molecule has 1 unspecified atom stereocenters. The highest BCUT2D eigenvalue weighted by molar-refractivity contribution is 6.17. The highest BCUT2D eigenvalue weighted by Gasteiger charge is 2.59. The van der Waals surface area contributed by atoms with Gasteiger partial charge in [0.15, 0.2) is 5.75 Å². The normalized spacial score (nSPS) is 17.7. The van der Waals surface area contributed by atoms with Gasteiger partial charge < -0.3 is 9.64 Å². The third kappa shape index (κ3) is 6.36. The summed E-state index contributed by atoms with van der Waals surface area (Å²) in [6, 6.07) is 21.9. The lowest BCUT2D eigenvalue weighted by atomic mass is 9.77. The first-order valence-corrected chi connectivity index (χ1v) is 18.1. The van der Waals surface area contributed by atoms with Crippen molar-refractivity contribution in [1.82, 2.24) is 0 Å². The fraction of sp³-hybridized carbons (Fsp3) is 0.488. The SMILES string of the molecule is CCCCCCCCCCCCCCCCN1c2ccccc2C(C)(C)C12C=Nc1c(c3ccccc3c3ccc([N+](=O)[O-])cc13)O2. The maximum Gasteiger partial charge on any atom is 0.270 e. The van der Waals surface area contributed by atoms with Gasteiger partial charge in [-0.2, -0.15) is 0 Å². The molecule has 4 aromatic rings. The number of hydrogen-bond donors (Lipinski definition) is 0. The lowest BCUT2D eigenvalue weighted by Gasteiger charge is -2.46. The van der Waals surface area contributed by atoms with Gasteiger partial charge in [0.25, 0.3) is 5.69 Å². The van der Waals surface area contributed by atoms with Crippen LogP contribution in [0.15, 0.2) is 71.7 Å². The van der Waals surface area contributed by atoms with Crippen molar-refractivity contribution in [3.63, 3.8) is 0 Å². The van der Waals surface area contributed by atoms with Gasteiger partial charge in [0, 0.05) is 35.1 Å². The van der Waals surface area contributed by atoms with E-state index < -0.39 is 5.72 Å². The number of anilines is 1. The van der Waals surface area contributed by atoms with E-state index in [0.29, 0.717) is 11.4 Å². The molecule has 6 nitrogen and oxygen atoms in total. The zero-order valence-corrected chi connectivity index (χ0v) is 28.6. The molecule has 0 aromatic heterocycles. The molecule has 4 aromatic carbocycles. The summed E-state index contributed by atoms with van der Waals surface area (Å²) in [6.07, 6.45) is 20.6. The maximum atomic E-state index is 11.7. The van der Waals surface area contributed by atoms with Crippen LogP contribution in [0.1, 0.15) is 116 Å². The fourth-order valence-corrected chi connectivity index (χ4v) is 7.92. The summed E-state index contributed by atoms with van der Waals surface area (Å²) in [5.41, 5.74) is 1.95. The Morgan fingerprint density at radius 1 is 0.723 bits per heavy atom. The second kappa shape index (κ2) is 14.5. The van der Waals surface area contributed by atoms with Crippen molar-refractivity contribution in [1.29, 1.82) is 0 Å². The van der Waals surface area contributed by atoms with E-state index in [1.54, 1.807) is 12.1 Å². The first-order valence-electron chi connectivity index (χ1n) is 18.1. The van der Waals surface area contributed by atoms with Crippen molar-refractivity contribution in [3.8, 4) is 5.75 Å². The van der Waals surface area contributed by atoms with Gasteiger partial charge >= 0.3 is 0 Å². The second-order valence-corrected chi connectivity index (χ2v) is 14.2. The number of aliphatic imine (C=N–C) groups is 1. The third-order valence-electron chi connectivity index (χ3n) is 10.7. The molecule has 1 spiro atoms. The number of rotatable bonds is 16. The number of nitro groups is 1. The van der Waals surface area contributed by atoms with Crippen LogP contribution in [0.25, 0.3) is 21.5 Å². The second-order valence-electron chi connectivity index (χ2n) is 14.2. The predicted molar refractivity (Wildman–Crippen MR) is 197 cm³/mol. The van der Waals surface area contributed by atoms with E-state index in [1.807, 2.05) is 24.4 Å². The lowest BCUT2D eigenvalue weighted by molar-refractivity contribution is -0.384. The van der Waals surface area contributed by atoms with Crippen LogP contribution in [0.3, 0.4) is 0 Å². The van der Waals surface area contributed by atoms with Crippen LogP contribution in [-0.4, -0.2) is 23.4 Å². The number of non-ortho nitro benzene ring substituents is 1. The van der Waals surface area contributed by atoms with Gasteiger partial charge in [-0.05, 0) is 48.7 Å². The number of unbranched alkanes of at least 4 members (excludes halogenated alkanes) is 13. The van der Waals surface area contributed by atoms with E-state index in [4.69, 9.17) is 9.73 Å². The highest BCUT2D eigenvalue weighted by atomic mass is 16.6. The average molecular weight is 634 g/mol. The van der Waals surface area contributed by atoms with Crippen LogP contribution in [0, 0.1) is 10.1 Å². The van der Waals surface area contributed by atoms with E-state index in [0.717, 1.165) is 34.5 Å². The van der Waals surface area contributed by atoms with Crippen LogP contribution >= 0.6 is 0 Å². The van der Waals surface area contributed by atoms with E-state index in [2.05, 4.69) is 62.1 Å². The van der Waals surface area contributed by atoms with Crippen LogP contribution in [0.5, 0.6) is 5.75 Å². The van der Waals surface area contributed by atoms with Crippen molar-refractivity contribution in [3.05, 3.63) is 82.4 Å². The molecule has 0 fully saturated rings. The molecule has 2 aliphatic heterocycles. The molecule has 6 heteroatoms. The molecule has 0 saturated heterocycles. The van der Waals surface area contributed by atoms with E-state index >= 15 is 0 Å². The van der Waals surface area contributed by atoms with E-state index in [1.165, 1.54) is 94.7 Å². The summed E-state index contributed by atoms with van der Waals surface area (Å²) in [6.45, 7) is 7.66. The van der Waals surface area contributed by atoms with Gasteiger partial charge in [-0.15, -0.1) is 0 Å². The molecule has 0 bridgehead atoms. The first kappa shape index (κ1) is 33.0. The van der Waals surface area contributed by atoms with Crippen LogP contribution in [0.4, 0.5) is 17.1 Å². The molecule has 0 saturated carbocycles. The average Bonchev–Trinajstić information content (AvgIpc) is 3.26. The van der Waals surface area contributed by atoms with Crippen molar-refractivity contribution >= 4 is 44.8 Å². The molecule has 1 atom stereocenters. The summed E-state index contributed by atoms with van der Waals surface area (Å²) >= 11 is 0. The number of nitrogens with zero attached hydrogens (tertiary/aromatic N) is 3.